The topological polar surface area (TPSA) is 52.7 Å². The molecule has 0 spiro atoms. The second-order valence-electron chi connectivity index (χ2n) is 7.05. The van der Waals surface area contributed by atoms with Crippen molar-refractivity contribution in [3.63, 3.8) is 0 Å². The van der Waals surface area contributed by atoms with Gasteiger partial charge in [0.25, 0.3) is 0 Å². The Hall–Kier alpha value is -1.59. The van der Waals surface area contributed by atoms with Gasteiger partial charge in [0.1, 0.15) is 0 Å². The molecule has 2 heterocycles. The van der Waals surface area contributed by atoms with Gasteiger partial charge in [0, 0.05) is 38.6 Å². The minimum absolute atomic E-state index is 0. The molecule has 2 saturated heterocycles. The lowest BCUT2D eigenvalue weighted by atomic mass is 10.0. The summed E-state index contributed by atoms with van der Waals surface area (Å²) >= 11 is 0. The van der Waals surface area contributed by atoms with Crippen LogP contribution < -0.4 is 5.32 Å². The maximum absolute atomic E-state index is 12.7. The first kappa shape index (κ1) is 19.7. The predicted molar refractivity (Wildman–Crippen MR) is 101 cm³/mol. The maximum Gasteiger partial charge on any atom is 0.227 e. The molecule has 1 aromatic carbocycles. The van der Waals surface area contributed by atoms with E-state index in [1.54, 1.807) is 0 Å². The zero-order valence-corrected chi connectivity index (χ0v) is 15.8. The molecule has 2 aliphatic heterocycles. The lowest BCUT2D eigenvalue weighted by Gasteiger charge is -2.33. The van der Waals surface area contributed by atoms with Crippen LogP contribution in [0.25, 0.3) is 0 Å². The standard InChI is InChI=1S/C19H27N3O2.ClH/c1-14-3-5-15(6-4-14)12-22-13-16(11-18(22)23)19(24)21-9-7-17(20-2)8-10-21;/h3-6,16-17,20H,7-13H2,1-2H3;1H. The number of aryl methyl sites for hydroxylation is 1. The van der Waals surface area contributed by atoms with Crippen LogP contribution in [0.3, 0.4) is 0 Å². The van der Waals surface area contributed by atoms with E-state index in [4.69, 9.17) is 0 Å². The number of benzene rings is 1. The van der Waals surface area contributed by atoms with Gasteiger partial charge in [-0.1, -0.05) is 29.8 Å². The molecule has 2 fully saturated rings. The van der Waals surface area contributed by atoms with E-state index in [-0.39, 0.29) is 30.1 Å². The SMILES string of the molecule is CNC1CCN(C(=O)C2CC(=O)N(Cc3ccc(C)cc3)C2)CC1.Cl. The van der Waals surface area contributed by atoms with Crippen LogP contribution in [0.1, 0.15) is 30.4 Å². The zero-order chi connectivity index (χ0) is 17.1. The van der Waals surface area contributed by atoms with Crippen molar-refractivity contribution in [3.05, 3.63) is 35.4 Å². The number of rotatable bonds is 4. The fraction of sp³-hybridized carbons (Fsp3) is 0.579. The molecular weight excluding hydrogens is 338 g/mol. The Bertz CT molecular complexity index is 597. The van der Waals surface area contributed by atoms with Crippen LogP contribution in [0.2, 0.25) is 0 Å². The van der Waals surface area contributed by atoms with Crippen molar-refractivity contribution in [2.75, 3.05) is 26.7 Å². The van der Waals surface area contributed by atoms with Gasteiger partial charge >= 0.3 is 0 Å². The zero-order valence-electron chi connectivity index (χ0n) is 15.0. The highest BCUT2D eigenvalue weighted by molar-refractivity contribution is 5.89. The van der Waals surface area contributed by atoms with E-state index in [9.17, 15) is 9.59 Å². The van der Waals surface area contributed by atoms with Crippen LogP contribution in [0.4, 0.5) is 0 Å². The number of likely N-dealkylation sites (tertiary alicyclic amines) is 2. The van der Waals surface area contributed by atoms with E-state index >= 15 is 0 Å². The summed E-state index contributed by atoms with van der Waals surface area (Å²) in [5.41, 5.74) is 2.33. The molecule has 1 unspecified atom stereocenters. The summed E-state index contributed by atoms with van der Waals surface area (Å²) in [5, 5.41) is 3.28. The highest BCUT2D eigenvalue weighted by Gasteiger charge is 2.37. The van der Waals surface area contributed by atoms with E-state index in [0.717, 1.165) is 31.5 Å². The van der Waals surface area contributed by atoms with E-state index in [2.05, 4.69) is 36.5 Å². The summed E-state index contributed by atoms with van der Waals surface area (Å²) in [4.78, 5) is 28.8. The minimum atomic E-state index is -0.172. The van der Waals surface area contributed by atoms with E-state index in [0.29, 0.717) is 25.6 Å². The molecule has 3 rings (SSSR count). The summed E-state index contributed by atoms with van der Waals surface area (Å²) in [5.74, 6) is 0.0810. The van der Waals surface area contributed by atoms with Gasteiger partial charge in [-0.15, -0.1) is 12.4 Å². The third kappa shape index (κ3) is 4.73. The third-order valence-corrected chi connectivity index (χ3v) is 5.27. The number of halogens is 1. The molecule has 0 radical (unpaired) electrons. The molecule has 5 nitrogen and oxygen atoms in total. The first-order chi connectivity index (χ1) is 11.6. The first-order valence-electron chi connectivity index (χ1n) is 8.86. The summed E-state index contributed by atoms with van der Waals surface area (Å²) in [6.45, 7) is 4.80. The number of hydrogen-bond acceptors (Lipinski definition) is 3. The van der Waals surface area contributed by atoms with Crippen LogP contribution in [0.15, 0.2) is 24.3 Å². The number of nitrogens with one attached hydrogen (secondary N) is 1. The molecule has 6 heteroatoms. The highest BCUT2D eigenvalue weighted by atomic mass is 35.5. The number of amides is 2. The Morgan fingerprint density at radius 3 is 2.44 bits per heavy atom. The smallest absolute Gasteiger partial charge is 0.227 e. The molecule has 0 bridgehead atoms. The lowest BCUT2D eigenvalue weighted by Crippen LogP contribution is -2.46. The molecule has 2 aliphatic rings. The molecule has 25 heavy (non-hydrogen) atoms. The summed E-state index contributed by atoms with van der Waals surface area (Å²) < 4.78 is 0. The normalized spacial score (nSPS) is 21.4. The number of nitrogens with zero attached hydrogens (tertiary/aromatic N) is 2. The van der Waals surface area contributed by atoms with Crippen molar-refractivity contribution in [1.29, 1.82) is 0 Å². The second kappa shape index (κ2) is 8.68. The monoisotopic (exact) mass is 365 g/mol. The van der Waals surface area contributed by atoms with E-state index in [1.807, 2.05) is 16.8 Å². The number of carbonyl (C=O) groups excluding carboxylic acids is 2. The lowest BCUT2D eigenvalue weighted by molar-refractivity contribution is -0.136. The van der Waals surface area contributed by atoms with Crippen LogP contribution in [0.5, 0.6) is 0 Å². The van der Waals surface area contributed by atoms with Crippen molar-refractivity contribution < 1.29 is 9.59 Å². The Morgan fingerprint density at radius 1 is 1.20 bits per heavy atom. The molecule has 0 aliphatic carbocycles. The average Bonchev–Trinajstić information content (AvgIpc) is 2.97. The quantitative estimate of drug-likeness (QED) is 0.887. The Balaban J connectivity index is 0.00000225. The highest BCUT2D eigenvalue weighted by Crippen LogP contribution is 2.24. The van der Waals surface area contributed by atoms with Crippen LogP contribution in [0, 0.1) is 12.8 Å². The van der Waals surface area contributed by atoms with Crippen molar-refractivity contribution >= 4 is 24.2 Å². The fourth-order valence-electron chi connectivity index (χ4n) is 3.65. The summed E-state index contributed by atoms with van der Waals surface area (Å²) in [6.07, 6.45) is 2.35. The molecule has 138 valence electrons. The average molecular weight is 366 g/mol. The molecule has 0 saturated carbocycles. The largest absolute Gasteiger partial charge is 0.342 e. The van der Waals surface area contributed by atoms with E-state index in [1.165, 1.54) is 5.56 Å². The molecule has 1 N–H and O–H groups in total. The number of carbonyl (C=O) groups is 2. The van der Waals surface area contributed by atoms with Gasteiger partial charge in [-0.25, -0.2) is 0 Å². The Labute approximate surface area is 156 Å². The second-order valence-corrected chi connectivity index (χ2v) is 7.05. The molecule has 1 atom stereocenters. The van der Waals surface area contributed by atoms with Gasteiger partial charge in [-0.3, -0.25) is 9.59 Å². The Kier molecular flexibility index (Phi) is 6.85. The third-order valence-electron chi connectivity index (χ3n) is 5.27. The van der Waals surface area contributed by atoms with Gasteiger partial charge in [-0.05, 0) is 32.4 Å². The minimum Gasteiger partial charge on any atom is -0.342 e. The van der Waals surface area contributed by atoms with Crippen molar-refractivity contribution in [1.82, 2.24) is 15.1 Å². The molecular formula is C19H28ClN3O2. The van der Waals surface area contributed by atoms with Crippen molar-refractivity contribution in [2.24, 2.45) is 5.92 Å². The van der Waals surface area contributed by atoms with Crippen LogP contribution in [-0.4, -0.2) is 54.3 Å². The summed E-state index contributed by atoms with van der Waals surface area (Å²) in [7, 11) is 1.97. The van der Waals surface area contributed by atoms with E-state index < -0.39 is 0 Å². The predicted octanol–water partition coefficient (Wildman–Crippen LogP) is 1.98. The molecule has 2 amide bonds. The van der Waals surface area contributed by atoms with Gasteiger partial charge in [0.15, 0.2) is 0 Å². The summed E-state index contributed by atoms with van der Waals surface area (Å²) in [6, 6.07) is 8.74. The van der Waals surface area contributed by atoms with Crippen molar-refractivity contribution in [2.45, 2.75) is 38.8 Å². The molecule has 1 aromatic rings. The van der Waals surface area contributed by atoms with Gasteiger partial charge in [0.05, 0.1) is 5.92 Å². The van der Waals surface area contributed by atoms with Crippen molar-refractivity contribution in [3.8, 4) is 0 Å². The van der Waals surface area contributed by atoms with Crippen LogP contribution in [-0.2, 0) is 16.1 Å². The number of hydrogen-bond donors (Lipinski definition) is 1. The fourth-order valence-corrected chi connectivity index (χ4v) is 3.65. The Morgan fingerprint density at radius 2 is 1.84 bits per heavy atom. The van der Waals surface area contributed by atoms with Gasteiger partial charge < -0.3 is 15.1 Å². The maximum atomic E-state index is 12.7. The van der Waals surface area contributed by atoms with Crippen LogP contribution >= 0.6 is 12.4 Å². The van der Waals surface area contributed by atoms with Gasteiger partial charge in [-0.2, -0.15) is 0 Å². The number of piperidine rings is 1. The van der Waals surface area contributed by atoms with Gasteiger partial charge in [0.2, 0.25) is 11.8 Å². The first-order valence-corrected chi connectivity index (χ1v) is 8.86. The molecule has 0 aromatic heterocycles.